The van der Waals surface area contributed by atoms with Crippen molar-refractivity contribution in [1.29, 1.82) is 0 Å². The minimum atomic E-state index is -0.336. The quantitative estimate of drug-likeness (QED) is 0.844. The summed E-state index contributed by atoms with van der Waals surface area (Å²) in [6, 6.07) is 3.39. The number of esters is 1. The van der Waals surface area contributed by atoms with Gasteiger partial charge < -0.3 is 10.1 Å². The van der Waals surface area contributed by atoms with Crippen LogP contribution in [0.4, 0.5) is 0 Å². The van der Waals surface area contributed by atoms with Crippen LogP contribution in [0, 0.1) is 0 Å². The van der Waals surface area contributed by atoms with Crippen LogP contribution in [-0.2, 0) is 16.1 Å². The average Bonchev–Trinajstić information content (AvgIpc) is 3.27. The number of carbonyl (C=O) groups is 2. The van der Waals surface area contributed by atoms with Gasteiger partial charge in [-0.2, -0.15) is 0 Å². The number of nitrogens with one attached hydrogen (secondary N) is 1. The molecule has 6 nitrogen and oxygen atoms in total. The molecule has 0 aromatic carbocycles. The van der Waals surface area contributed by atoms with Gasteiger partial charge in [0.05, 0.1) is 24.4 Å². The normalized spacial score (nSPS) is 20.3. The van der Waals surface area contributed by atoms with Gasteiger partial charge >= 0.3 is 5.97 Å². The predicted octanol–water partition coefficient (Wildman–Crippen LogP) is 1.11. The molecule has 1 amide bonds. The Morgan fingerprint density at radius 3 is 3.00 bits per heavy atom. The molecular formula is C16H21N3O3. The van der Waals surface area contributed by atoms with Crippen molar-refractivity contribution in [3.8, 4) is 0 Å². The van der Waals surface area contributed by atoms with Gasteiger partial charge in [0.2, 0.25) is 5.91 Å². The Labute approximate surface area is 129 Å². The summed E-state index contributed by atoms with van der Waals surface area (Å²) in [4.78, 5) is 30.1. The Morgan fingerprint density at radius 2 is 2.27 bits per heavy atom. The molecule has 2 heterocycles. The number of ether oxygens (including phenoxy) is 1. The van der Waals surface area contributed by atoms with Crippen LogP contribution in [0.25, 0.3) is 0 Å². The lowest BCUT2D eigenvalue weighted by atomic mass is 10.2. The predicted molar refractivity (Wildman–Crippen MR) is 80.2 cm³/mol. The Bertz CT molecular complexity index is 584. The molecule has 2 fully saturated rings. The van der Waals surface area contributed by atoms with Gasteiger partial charge in [-0.15, -0.1) is 0 Å². The van der Waals surface area contributed by atoms with E-state index in [-0.39, 0.29) is 17.4 Å². The van der Waals surface area contributed by atoms with Crippen molar-refractivity contribution in [2.75, 3.05) is 19.7 Å². The fourth-order valence-electron chi connectivity index (χ4n) is 2.85. The number of nitrogens with zero attached hydrogens (tertiary/aromatic N) is 2. The van der Waals surface area contributed by atoms with E-state index in [9.17, 15) is 9.59 Å². The maximum atomic E-state index is 12.0. The standard InChI is InChI=1S/C16H21N3O3/c1-2-22-15(21)12-3-7-17-13(9-12)10-19-8-6-16(4-5-16)18-14(20)11-19/h3,7,9H,2,4-6,8,10-11H2,1H3,(H,18,20). The van der Waals surface area contributed by atoms with Crippen molar-refractivity contribution in [3.63, 3.8) is 0 Å². The zero-order valence-corrected chi connectivity index (χ0v) is 12.8. The molecule has 1 saturated heterocycles. The van der Waals surface area contributed by atoms with Crippen LogP contribution in [-0.4, -0.2) is 47.0 Å². The summed E-state index contributed by atoms with van der Waals surface area (Å²) >= 11 is 0. The second-order valence-electron chi connectivity index (χ2n) is 6.05. The van der Waals surface area contributed by atoms with Gasteiger partial charge in [0.25, 0.3) is 0 Å². The van der Waals surface area contributed by atoms with Crippen LogP contribution in [0.1, 0.15) is 42.2 Å². The topological polar surface area (TPSA) is 71.5 Å². The van der Waals surface area contributed by atoms with E-state index in [1.54, 1.807) is 25.3 Å². The second kappa shape index (κ2) is 6.04. The van der Waals surface area contributed by atoms with E-state index in [1.165, 1.54) is 0 Å². The highest BCUT2D eigenvalue weighted by Gasteiger charge is 2.45. The number of carbonyl (C=O) groups excluding carboxylic acids is 2. The van der Waals surface area contributed by atoms with E-state index in [0.29, 0.717) is 25.3 Å². The molecule has 1 aliphatic heterocycles. The van der Waals surface area contributed by atoms with E-state index < -0.39 is 0 Å². The molecule has 1 N–H and O–H groups in total. The van der Waals surface area contributed by atoms with Gasteiger partial charge in [0.15, 0.2) is 0 Å². The zero-order chi connectivity index (χ0) is 15.6. The molecule has 118 valence electrons. The molecule has 1 aromatic heterocycles. The highest BCUT2D eigenvalue weighted by atomic mass is 16.5. The molecule has 1 spiro atoms. The molecule has 0 unspecified atom stereocenters. The minimum Gasteiger partial charge on any atom is -0.462 e. The lowest BCUT2D eigenvalue weighted by Gasteiger charge is -2.18. The Balaban J connectivity index is 1.66. The average molecular weight is 303 g/mol. The Kier molecular flexibility index (Phi) is 4.11. The highest BCUT2D eigenvalue weighted by Crippen LogP contribution is 2.39. The summed E-state index contributed by atoms with van der Waals surface area (Å²) in [6.45, 7) is 3.95. The van der Waals surface area contributed by atoms with Crippen LogP contribution < -0.4 is 5.32 Å². The van der Waals surface area contributed by atoms with E-state index in [1.807, 2.05) is 0 Å². The Hall–Kier alpha value is -1.95. The van der Waals surface area contributed by atoms with Gasteiger partial charge in [0.1, 0.15) is 0 Å². The van der Waals surface area contributed by atoms with Gasteiger partial charge in [-0.3, -0.25) is 14.7 Å². The van der Waals surface area contributed by atoms with Crippen LogP contribution in [0.3, 0.4) is 0 Å². The molecule has 1 saturated carbocycles. The van der Waals surface area contributed by atoms with Crippen LogP contribution in [0.2, 0.25) is 0 Å². The fraction of sp³-hybridized carbons (Fsp3) is 0.562. The summed E-state index contributed by atoms with van der Waals surface area (Å²) in [6.07, 6.45) is 4.77. The summed E-state index contributed by atoms with van der Waals surface area (Å²) in [5, 5.41) is 3.12. The SMILES string of the molecule is CCOC(=O)c1ccnc(CN2CCC3(CC3)NC(=O)C2)c1. The first-order valence-electron chi connectivity index (χ1n) is 7.76. The molecule has 0 radical (unpaired) electrons. The largest absolute Gasteiger partial charge is 0.462 e. The first-order valence-corrected chi connectivity index (χ1v) is 7.76. The van der Waals surface area contributed by atoms with Gasteiger partial charge in [0, 0.05) is 24.8 Å². The first kappa shape index (κ1) is 15.0. The number of hydrogen-bond acceptors (Lipinski definition) is 5. The lowest BCUT2D eigenvalue weighted by molar-refractivity contribution is -0.122. The van der Waals surface area contributed by atoms with Gasteiger partial charge in [-0.25, -0.2) is 4.79 Å². The van der Waals surface area contributed by atoms with E-state index in [0.717, 1.165) is 31.5 Å². The summed E-state index contributed by atoms with van der Waals surface area (Å²) in [7, 11) is 0. The van der Waals surface area contributed by atoms with Crippen molar-refractivity contribution < 1.29 is 14.3 Å². The molecule has 3 rings (SSSR count). The third kappa shape index (κ3) is 3.44. The molecule has 0 bridgehead atoms. The lowest BCUT2D eigenvalue weighted by Crippen LogP contribution is -2.37. The molecular weight excluding hydrogens is 282 g/mol. The third-order valence-corrected chi connectivity index (χ3v) is 4.25. The van der Waals surface area contributed by atoms with Crippen molar-refractivity contribution in [1.82, 2.24) is 15.2 Å². The number of aromatic nitrogens is 1. The van der Waals surface area contributed by atoms with E-state index in [2.05, 4.69) is 15.2 Å². The van der Waals surface area contributed by atoms with Crippen LogP contribution in [0.15, 0.2) is 18.3 Å². The second-order valence-corrected chi connectivity index (χ2v) is 6.05. The number of amides is 1. The smallest absolute Gasteiger partial charge is 0.338 e. The minimum absolute atomic E-state index is 0.0615. The molecule has 0 atom stereocenters. The van der Waals surface area contributed by atoms with E-state index in [4.69, 9.17) is 4.74 Å². The highest BCUT2D eigenvalue weighted by molar-refractivity contribution is 5.89. The first-order chi connectivity index (χ1) is 10.6. The van der Waals surface area contributed by atoms with E-state index >= 15 is 0 Å². The summed E-state index contributed by atoms with van der Waals surface area (Å²) < 4.78 is 5.00. The van der Waals surface area contributed by atoms with Crippen molar-refractivity contribution >= 4 is 11.9 Å². The van der Waals surface area contributed by atoms with Gasteiger partial charge in [-0.05, 0) is 38.3 Å². The van der Waals surface area contributed by atoms with Crippen molar-refractivity contribution in [2.45, 2.75) is 38.3 Å². The van der Waals surface area contributed by atoms with Crippen molar-refractivity contribution in [2.24, 2.45) is 0 Å². The molecule has 6 heteroatoms. The molecule has 22 heavy (non-hydrogen) atoms. The van der Waals surface area contributed by atoms with Gasteiger partial charge in [-0.1, -0.05) is 0 Å². The fourth-order valence-corrected chi connectivity index (χ4v) is 2.85. The van der Waals surface area contributed by atoms with Crippen molar-refractivity contribution in [3.05, 3.63) is 29.6 Å². The number of pyridine rings is 1. The number of rotatable bonds is 4. The number of hydrogen-bond donors (Lipinski definition) is 1. The Morgan fingerprint density at radius 1 is 1.45 bits per heavy atom. The molecule has 2 aliphatic rings. The van der Waals surface area contributed by atoms with Crippen LogP contribution >= 0.6 is 0 Å². The molecule has 1 aromatic rings. The third-order valence-electron chi connectivity index (χ3n) is 4.25. The molecule has 1 aliphatic carbocycles. The summed E-state index contributed by atoms with van der Waals surface area (Å²) in [5.74, 6) is -0.256. The summed E-state index contributed by atoms with van der Waals surface area (Å²) in [5.41, 5.74) is 1.35. The zero-order valence-electron chi connectivity index (χ0n) is 12.8. The maximum absolute atomic E-state index is 12.0. The van der Waals surface area contributed by atoms with Crippen LogP contribution in [0.5, 0.6) is 0 Å². The maximum Gasteiger partial charge on any atom is 0.338 e. The monoisotopic (exact) mass is 303 g/mol.